The molecule has 0 bridgehead atoms. The summed E-state index contributed by atoms with van der Waals surface area (Å²) in [4.78, 5) is 76.4. The average molecular weight is 489 g/mol. The van der Waals surface area contributed by atoms with Crippen molar-refractivity contribution in [2.45, 2.75) is 32.8 Å². The van der Waals surface area contributed by atoms with Crippen LogP contribution in [-0.2, 0) is 14.3 Å². The van der Waals surface area contributed by atoms with Crippen molar-refractivity contribution in [2.75, 3.05) is 39.3 Å². The third kappa shape index (κ3) is 6.11. The van der Waals surface area contributed by atoms with Crippen molar-refractivity contribution in [3.63, 3.8) is 0 Å². The molecule has 2 aliphatic rings. The zero-order chi connectivity index (χ0) is 25.9. The highest BCUT2D eigenvalue weighted by atomic mass is 16.6. The fourth-order valence-electron chi connectivity index (χ4n) is 3.76. The lowest BCUT2D eigenvalue weighted by atomic mass is 10.1. The number of ether oxygens (including phenoxy) is 1. The van der Waals surface area contributed by atoms with Crippen LogP contribution in [0.3, 0.4) is 0 Å². The first kappa shape index (κ1) is 25.6. The van der Waals surface area contributed by atoms with E-state index in [2.05, 4.69) is 5.32 Å². The molecule has 1 aromatic carbocycles. The van der Waals surface area contributed by atoms with Crippen LogP contribution in [0, 0.1) is 10.1 Å². The lowest BCUT2D eigenvalue weighted by Crippen LogP contribution is -2.45. The molecule has 35 heavy (non-hydrogen) atoms. The smallest absolute Gasteiger partial charge is 0.408 e. The van der Waals surface area contributed by atoms with Gasteiger partial charge in [0.1, 0.15) is 18.7 Å². The maximum absolute atomic E-state index is 12.8. The van der Waals surface area contributed by atoms with Crippen molar-refractivity contribution in [2.24, 2.45) is 0 Å². The molecular formula is C22H27N5O8. The molecule has 1 fully saturated rings. The van der Waals surface area contributed by atoms with Crippen molar-refractivity contribution in [1.29, 1.82) is 0 Å². The van der Waals surface area contributed by atoms with Crippen molar-refractivity contribution in [3.05, 3.63) is 39.4 Å². The molecule has 0 aliphatic carbocycles. The van der Waals surface area contributed by atoms with Crippen molar-refractivity contribution in [3.8, 4) is 0 Å². The number of amides is 5. The van der Waals surface area contributed by atoms with Gasteiger partial charge < -0.3 is 19.9 Å². The number of rotatable bonds is 5. The lowest BCUT2D eigenvalue weighted by Gasteiger charge is -2.24. The minimum atomic E-state index is -0.762. The van der Waals surface area contributed by atoms with Gasteiger partial charge >= 0.3 is 6.09 Å². The summed E-state index contributed by atoms with van der Waals surface area (Å²) in [5, 5.41) is 13.4. The molecule has 13 heteroatoms. The number of hydrogen-bond donors (Lipinski definition) is 1. The van der Waals surface area contributed by atoms with Crippen LogP contribution in [0.15, 0.2) is 18.2 Å². The molecule has 188 valence electrons. The average Bonchev–Trinajstić information content (AvgIpc) is 2.94. The summed E-state index contributed by atoms with van der Waals surface area (Å²) < 4.78 is 5.10. The summed E-state index contributed by atoms with van der Waals surface area (Å²) in [7, 11) is 0. The lowest BCUT2D eigenvalue weighted by molar-refractivity contribution is -0.384. The normalized spacial score (nSPS) is 16.0. The van der Waals surface area contributed by atoms with E-state index in [1.54, 1.807) is 20.8 Å². The number of imide groups is 1. The van der Waals surface area contributed by atoms with Crippen LogP contribution in [0.5, 0.6) is 0 Å². The maximum Gasteiger partial charge on any atom is 0.408 e. The summed E-state index contributed by atoms with van der Waals surface area (Å²) in [6, 6.07) is 3.37. The van der Waals surface area contributed by atoms with Crippen LogP contribution in [0.2, 0.25) is 0 Å². The number of nitrogens with one attached hydrogen (secondary N) is 1. The Morgan fingerprint density at radius 3 is 2.20 bits per heavy atom. The topological polar surface area (TPSA) is 159 Å². The Morgan fingerprint density at radius 2 is 1.60 bits per heavy atom. The highest BCUT2D eigenvalue weighted by Gasteiger charge is 2.38. The zero-order valence-corrected chi connectivity index (χ0v) is 19.7. The number of benzene rings is 1. The van der Waals surface area contributed by atoms with Crippen LogP contribution >= 0.6 is 0 Å². The predicted octanol–water partition coefficient (Wildman–Crippen LogP) is 0.776. The van der Waals surface area contributed by atoms with Crippen LogP contribution in [-0.4, -0.2) is 94.2 Å². The molecule has 0 spiro atoms. The molecule has 1 saturated heterocycles. The Hall–Kier alpha value is -4.03. The molecule has 0 atom stereocenters. The highest BCUT2D eigenvalue weighted by molar-refractivity contribution is 6.22. The van der Waals surface area contributed by atoms with E-state index in [-0.39, 0.29) is 42.4 Å². The number of nitro groups is 1. The first-order chi connectivity index (χ1) is 16.4. The van der Waals surface area contributed by atoms with Crippen molar-refractivity contribution in [1.82, 2.24) is 20.0 Å². The molecule has 5 amide bonds. The number of non-ortho nitro benzene ring substituents is 1. The minimum absolute atomic E-state index is 0.0125. The number of carbonyl (C=O) groups is 5. The second-order valence-electron chi connectivity index (χ2n) is 9.15. The van der Waals surface area contributed by atoms with Gasteiger partial charge in [-0.2, -0.15) is 0 Å². The van der Waals surface area contributed by atoms with Gasteiger partial charge in [-0.15, -0.1) is 0 Å². The second kappa shape index (κ2) is 10.1. The van der Waals surface area contributed by atoms with E-state index in [4.69, 9.17) is 4.74 Å². The van der Waals surface area contributed by atoms with E-state index in [1.165, 1.54) is 15.9 Å². The molecule has 1 aromatic rings. The van der Waals surface area contributed by atoms with E-state index in [0.29, 0.717) is 19.5 Å². The van der Waals surface area contributed by atoms with Gasteiger partial charge in [-0.1, -0.05) is 0 Å². The van der Waals surface area contributed by atoms with E-state index in [0.717, 1.165) is 17.0 Å². The number of nitrogens with zero attached hydrogens (tertiary/aromatic N) is 4. The molecule has 0 saturated carbocycles. The van der Waals surface area contributed by atoms with Gasteiger partial charge in [0.25, 0.3) is 17.5 Å². The van der Waals surface area contributed by atoms with Crippen LogP contribution in [0.1, 0.15) is 47.9 Å². The molecule has 3 rings (SSSR count). The van der Waals surface area contributed by atoms with Gasteiger partial charge in [0, 0.05) is 38.3 Å². The summed E-state index contributed by atoms with van der Waals surface area (Å²) in [5.41, 5.74) is -1.11. The Kier molecular flexibility index (Phi) is 7.37. The molecule has 0 radical (unpaired) electrons. The molecule has 2 aliphatic heterocycles. The predicted molar refractivity (Wildman–Crippen MR) is 120 cm³/mol. The Labute approximate surface area is 201 Å². The quantitative estimate of drug-likeness (QED) is 0.361. The third-order valence-corrected chi connectivity index (χ3v) is 5.44. The van der Waals surface area contributed by atoms with Gasteiger partial charge in [-0.05, 0) is 33.3 Å². The van der Waals surface area contributed by atoms with Crippen LogP contribution in [0.25, 0.3) is 0 Å². The summed E-state index contributed by atoms with van der Waals surface area (Å²) in [6.45, 7) is 5.46. The number of nitro benzene ring substituents is 1. The first-order valence-corrected chi connectivity index (χ1v) is 11.0. The SMILES string of the molecule is CC(C)(C)OC(=O)NCC(=O)N1CCCN(C(=O)CN2C(=O)c3ccc([N+](=O)[O-])cc3C2=O)CC1. The van der Waals surface area contributed by atoms with Crippen molar-refractivity contribution < 1.29 is 33.6 Å². The fraction of sp³-hybridized carbons (Fsp3) is 0.500. The molecule has 1 N–H and O–H groups in total. The number of hydrogen-bond acceptors (Lipinski definition) is 8. The molecule has 2 heterocycles. The molecular weight excluding hydrogens is 462 g/mol. The number of fused-ring (bicyclic) bond motifs is 1. The fourth-order valence-corrected chi connectivity index (χ4v) is 3.76. The van der Waals surface area contributed by atoms with Gasteiger partial charge in [-0.3, -0.25) is 34.2 Å². The Bertz CT molecular complexity index is 1080. The minimum Gasteiger partial charge on any atom is -0.444 e. The second-order valence-corrected chi connectivity index (χ2v) is 9.15. The monoisotopic (exact) mass is 489 g/mol. The zero-order valence-electron chi connectivity index (χ0n) is 19.7. The molecule has 0 aromatic heterocycles. The summed E-state index contributed by atoms with van der Waals surface area (Å²) in [5.74, 6) is -2.25. The van der Waals surface area contributed by atoms with Gasteiger partial charge in [0.2, 0.25) is 11.8 Å². The van der Waals surface area contributed by atoms with Gasteiger partial charge in [-0.25, -0.2) is 4.79 Å². The van der Waals surface area contributed by atoms with Crippen LogP contribution in [0.4, 0.5) is 10.5 Å². The summed E-state index contributed by atoms with van der Waals surface area (Å²) in [6.07, 6.45) is -0.234. The maximum atomic E-state index is 12.8. The van der Waals surface area contributed by atoms with Gasteiger partial charge in [0.05, 0.1) is 16.1 Å². The number of carbonyl (C=O) groups excluding carboxylic acids is 5. The third-order valence-electron chi connectivity index (χ3n) is 5.44. The molecule has 0 unspecified atom stereocenters. The largest absolute Gasteiger partial charge is 0.444 e. The van der Waals surface area contributed by atoms with Gasteiger partial charge in [0.15, 0.2) is 0 Å². The van der Waals surface area contributed by atoms with E-state index < -0.39 is 40.9 Å². The Balaban J connectivity index is 1.54. The van der Waals surface area contributed by atoms with Crippen LogP contribution < -0.4 is 5.32 Å². The van der Waals surface area contributed by atoms with E-state index in [1.807, 2.05) is 0 Å². The number of alkyl carbamates (subject to hydrolysis) is 1. The van der Waals surface area contributed by atoms with E-state index in [9.17, 15) is 34.1 Å². The Morgan fingerprint density at radius 1 is 1.00 bits per heavy atom. The molecule has 13 nitrogen and oxygen atoms in total. The summed E-state index contributed by atoms with van der Waals surface area (Å²) >= 11 is 0. The highest BCUT2D eigenvalue weighted by Crippen LogP contribution is 2.26. The van der Waals surface area contributed by atoms with Crippen molar-refractivity contribution >= 4 is 35.4 Å². The van der Waals surface area contributed by atoms with E-state index >= 15 is 0 Å². The standard InChI is InChI=1S/C22H27N5O8/c1-22(2,3)35-21(32)23-12-17(28)24-7-4-8-25(10-9-24)18(29)13-26-19(30)15-6-5-14(27(33)34)11-16(15)20(26)31/h5-6,11H,4,7-10,12-13H2,1-3H3,(H,23,32). The first-order valence-electron chi connectivity index (χ1n) is 11.0.